The molecule has 166 valence electrons. The monoisotopic (exact) mass is 439 g/mol. The molecule has 0 fully saturated rings. The van der Waals surface area contributed by atoms with E-state index in [-0.39, 0.29) is 33.2 Å². The Morgan fingerprint density at radius 1 is 0.750 bits per heavy atom. The molecular weight excluding hydrogens is 418 g/mol. The van der Waals surface area contributed by atoms with Gasteiger partial charge in [-0.1, -0.05) is 32.9 Å². The van der Waals surface area contributed by atoms with E-state index in [1.54, 1.807) is 12.1 Å². The van der Waals surface area contributed by atoms with E-state index in [2.05, 4.69) is 4.98 Å². The zero-order valence-corrected chi connectivity index (χ0v) is 17.5. The van der Waals surface area contributed by atoms with Gasteiger partial charge in [0.15, 0.2) is 0 Å². The van der Waals surface area contributed by atoms with Gasteiger partial charge in [0.2, 0.25) is 0 Å². The van der Waals surface area contributed by atoms with Crippen LogP contribution < -0.4 is 0 Å². The first-order chi connectivity index (χ1) is 14.8. The van der Waals surface area contributed by atoms with E-state index in [1.165, 1.54) is 36.5 Å². The summed E-state index contributed by atoms with van der Waals surface area (Å²) in [6.45, 7) is 5.71. The third kappa shape index (κ3) is 5.45. The summed E-state index contributed by atoms with van der Waals surface area (Å²) in [6, 6.07) is 10.3. The van der Waals surface area contributed by atoms with Gasteiger partial charge in [0.25, 0.3) is 0 Å². The molecule has 9 heteroatoms. The molecule has 0 spiro atoms. The van der Waals surface area contributed by atoms with Gasteiger partial charge in [-0.05, 0) is 41.3 Å². The number of fused-ring (bicyclic) bond motifs is 1. The molecule has 0 aliphatic rings. The van der Waals surface area contributed by atoms with Crippen molar-refractivity contribution in [3.8, 4) is 0 Å². The Bertz CT molecular complexity index is 1190. The first-order valence-corrected chi connectivity index (χ1v) is 9.29. The molecule has 0 aliphatic heterocycles. The van der Waals surface area contributed by atoms with Crippen molar-refractivity contribution in [3.63, 3.8) is 0 Å². The summed E-state index contributed by atoms with van der Waals surface area (Å²) in [4.78, 5) is 47.5. The molecule has 2 aromatic carbocycles. The van der Waals surface area contributed by atoms with Crippen LogP contribution in [0.4, 0.5) is 0 Å². The Morgan fingerprint density at radius 2 is 1.31 bits per heavy atom. The zero-order valence-electron chi connectivity index (χ0n) is 17.5. The second-order valence-corrected chi connectivity index (χ2v) is 7.83. The van der Waals surface area contributed by atoms with Gasteiger partial charge in [-0.2, -0.15) is 0 Å². The number of pyridine rings is 1. The van der Waals surface area contributed by atoms with E-state index in [9.17, 15) is 19.2 Å². The minimum atomic E-state index is -1.29. The lowest BCUT2D eigenvalue weighted by molar-refractivity contribution is 0.0653. The first kappa shape index (κ1) is 24.0. The minimum Gasteiger partial charge on any atom is -0.478 e. The largest absolute Gasteiger partial charge is 0.478 e. The number of hydrogen-bond donors (Lipinski definition) is 4. The minimum absolute atomic E-state index is 0.00447. The number of aromatic nitrogens is 1. The lowest BCUT2D eigenvalue weighted by Gasteiger charge is -2.20. The molecule has 0 unspecified atom stereocenters. The number of carboxylic acids is 4. The summed E-state index contributed by atoms with van der Waals surface area (Å²) in [6.07, 6.45) is 1.43. The maximum absolute atomic E-state index is 11.0. The molecule has 0 saturated carbocycles. The zero-order chi connectivity index (χ0) is 24.2. The van der Waals surface area contributed by atoms with Crippen LogP contribution in [0.1, 0.15) is 67.8 Å². The predicted molar refractivity (Wildman–Crippen MR) is 115 cm³/mol. The smallest absolute Gasteiger partial charge is 0.338 e. The Hall–Kier alpha value is -4.27. The molecule has 0 saturated heterocycles. The number of rotatable bonds is 4. The van der Waals surface area contributed by atoms with Gasteiger partial charge in [-0.3, -0.25) is 4.98 Å². The Balaban J connectivity index is 0.000000227. The number of benzene rings is 2. The van der Waals surface area contributed by atoms with Crippen LogP contribution in [0.2, 0.25) is 0 Å². The highest BCUT2D eigenvalue weighted by Crippen LogP contribution is 2.25. The Morgan fingerprint density at radius 3 is 1.75 bits per heavy atom. The van der Waals surface area contributed by atoms with Crippen molar-refractivity contribution in [2.75, 3.05) is 0 Å². The van der Waals surface area contributed by atoms with E-state index < -0.39 is 23.9 Å². The summed E-state index contributed by atoms with van der Waals surface area (Å²) in [7, 11) is 0. The molecular formula is C23H21NO8. The molecule has 0 amide bonds. The Kier molecular flexibility index (Phi) is 6.94. The average Bonchev–Trinajstić information content (AvgIpc) is 2.72. The quantitative estimate of drug-likeness (QED) is 0.470. The van der Waals surface area contributed by atoms with Crippen LogP contribution in [0, 0.1) is 0 Å². The fourth-order valence-electron chi connectivity index (χ4n) is 2.85. The molecule has 0 aliphatic carbocycles. The van der Waals surface area contributed by atoms with Crippen LogP contribution in [-0.4, -0.2) is 49.3 Å². The molecule has 1 heterocycles. The lowest BCUT2D eigenvalue weighted by Crippen LogP contribution is -2.14. The van der Waals surface area contributed by atoms with Crippen LogP contribution in [0.5, 0.6) is 0 Å². The first-order valence-electron chi connectivity index (χ1n) is 9.29. The SMILES string of the molecule is CC(C)(C)c1cc(C(=O)O)cc(C(=O)O)c1.O=C(O)c1ccc2cccnc2c1C(=O)O. The van der Waals surface area contributed by atoms with Crippen LogP contribution in [0.25, 0.3) is 10.9 Å². The van der Waals surface area contributed by atoms with Crippen molar-refractivity contribution < 1.29 is 39.6 Å². The molecule has 9 nitrogen and oxygen atoms in total. The van der Waals surface area contributed by atoms with Gasteiger partial charge >= 0.3 is 23.9 Å². The van der Waals surface area contributed by atoms with Gasteiger partial charge in [0.1, 0.15) is 5.56 Å². The van der Waals surface area contributed by atoms with Gasteiger partial charge < -0.3 is 20.4 Å². The molecule has 3 rings (SSSR count). The second-order valence-electron chi connectivity index (χ2n) is 7.83. The molecule has 0 radical (unpaired) electrons. The maximum Gasteiger partial charge on any atom is 0.338 e. The molecule has 3 aromatic rings. The van der Waals surface area contributed by atoms with Gasteiger partial charge in [0, 0.05) is 11.6 Å². The third-order valence-corrected chi connectivity index (χ3v) is 4.51. The number of hydrogen-bond acceptors (Lipinski definition) is 5. The number of carboxylic acid groups (broad SMARTS) is 4. The van der Waals surface area contributed by atoms with Gasteiger partial charge in [0.05, 0.1) is 22.2 Å². The number of nitrogens with zero attached hydrogens (tertiary/aromatic N) is 1. The lowest BCUT2D eigenvalue weighted by atomic mass is 9.85. The second kappa shape index (κ2) is 9.25. The van der Waals surface area contributed by atoms with Crippen molar-refractivity contribution in [1.29, 1.82) is 0 Å². The van der Waals surface area contributed by atoms with Crippen LogP contribution in [0.3, 0.4) is 0 Å². The average molecular weight is 439 g/mol. The molecule has 4 N–H and O–H groups in total. The summed E-state index contributed by atoms with van der Waals surface area (Å²) in [5.74, 6) is -4.80. The van der Waals surface area contributed by atoms with E-state index in [4.69, 9.17) is 20.4 Å². The van der Waals surface area contributed by atoms with Crippen molar-refractivity contribution >= 4 is 34.8 Å². The predicted octanol–water partition coefficient (Wildman–Crippen LogP) is 4.01. The van der Waals surface area contributed by atoms with Gasteiger partial charge in [-0.25, -0.2) is 19.2 Å². The van der Waals surface area contributed by atoms with Crippen molar-refractivity contribution in [2.24, 2.45) is 0 Å². The molecule has 1 aromatic heterocycles. The molecule has 0 bridgehead atoms. The van der Waals surface area contributed by atoms with E-state index >= 15 is 0 Å². The fraction of sp³-hybridized carbons (Fsp3) is 0.174. The van der Waals surface area contributed by atoms with Crippen LogP contribution >= 0.6 is 0 Å². The summed E-state index contributed by atoms with van der Waals surface area (Å²) in [5.41, 5.74) is 0.0917. The highest BCUT2D eigenvalue weighted by atomic mass is 16.4. The third-order valence-electron chi connectivity index (χ3n) is 4.51. The highest BCUT2D eigenvalue weighted by molar-refractivity contribution is 6.10. The van der Waals surface area contributed by atoms with Gasteiger partial charge in [-0.15, -0.1) is 0 Å². The van der Waals surface area contributed by atoms with Crippen molar-refractivity contribution in [1.82, 2.24) is 4.98 Å². The topological polar surface area (TPSA) is 162 Å². The van der Waals surface area contributed by atoms with Crippen LogP contribution in [-0.2, 0) is 5.41 Å². The summed E-state index contributed by atoms with van der Waals surface area (Å²) >= 11 is 0. The summed E-state index contributed by atoms with van der Waals surface area (Å²) in [5, 5.41) is 36.3. The molecule has 32 heavy (non-hydrogen) atoms. The Labute approximate surface area is 182 Å². The van der Waals surface area contributed by atoms with E-state index in [0.29, 0.717) is 10.9 Å². The molecule has 0 atom stereocenters. The number of aromatic carboxylic acids is 4. The van der Waals surface area contributed by atoms with E-state index in [1.807, 2.05) is 20.8 Å². The fourth-order valence-corrected chi connectivity index (χ4v) is 2.85. The van der Waals surface area contributed by atoms with Crippen molar-refractivity contribution in [3.05, 3.63) is 76.5 Å². The normalized spacial score (nSPS) is 10.7. The summed E-state index contributed by atoms with van der Waals surface area (Å²) < 4.78 is 0. The maximum atomic E-state index is 11.0. The highest BCUT2D eigenvalue weighted by Gasteiger charge is 2.20. The standard InChI is InChI=1S/C12H14O4.C11H7NO4/c1-12(2,3)9-5-7(10(13)14)4-8(6-9)11(15)16;13-10(14)7-4-3-6-2-1-5-12-9(6)8(7)11(15)16/h4-6H,1-3H3,(H,13,14)(H,15,16);1-5H,(H,13,14)(H,15,16). The van der Waals surface area contributed by atoms with Crippen molar-refractivity contribution in [2.45, 2.75) is 26.2 Å². The van der Waals surface area contributed by atoms with Crippen LogP contribution in [0.15, 0.2) is 48.7 Å². The van der Waals surface area contributed by atoms with E-state index in [0.717, 1.165) is 0 Å². The number of carbonyl (C=O) groups is 4.